The van der Waals surface area contributed by atoms with Gasteiger partial charge < -0.3 is 15.0 Å². The van der Waals surface area contributed by atoms with Gasteiger partial charge in [-0.25, -0.2) is 9.78 Å². The van der Waals surface area contributed by atoms with Crippen molar-refractivity contribution < 1.29 is 33.7 Å². The summed E-state index contributed by atoms with van der Waals surface area (Å²) < 4.78 is 46.8. The molecular weight excluding hydrogens is 741 g/mol. The number of aryl methyl sites for hydroxylation is 1. The Morgan fingerprint density at radius 2 is 1.74 bits per heavy atom. The number of piperidine rings is 2. The lowest BCUT2D eigenvalue weighted by Gasteiger charge is -2.36. The highest BCUT2D eigenvalue weighted by Crippen LogP contribution is 2.40. The molecule has 16 heteroatoms. The lowest BCUT2D eigenvalue weighted by atomic mass is 9.85. The van der Waals surface area contributed by atoms with Crippen molar-refractivity contribution in [2.24, 2.45) is 13.0 Å². The molecule has 1 unspecified atom stereocenters. The van der Waals surface area contributed by atoms with Gasteiger partial charge >= 0.3 is 11.9 Å². The number of H-pyrrole nitrogens is 1. The largest absolute Gasteiger partial charge is 0.496 e. The van der Waals surface area contributed by atoms with Gasteiger partial charge in [-0.1, -0.05) is 25.3 Å². The van der Waals surface area contributed by atoms with E-state index in [2.05, 4.69) is 25.4 Å². The summed E-state index contributed by atoms with van der Waals surface area (Å²) in [4.78, 5) is 57.6. The van der Waals surface area contributed by atoms with Gasteiger partial charge in [0.05, 0.1) is 29.9 Å². The number of imide groups is 1. The first-order valence-corrected chi connectivity index (χ1v) is 19.4. The Bertz CT molecular complexity index is 2340. The van der Waals surface area contributed by atoms with Gasteiger partial charge in [0.2, 0.25) is 5.91 Å². The summed E-state index contributed by atoms with van der Waals surface area (Å²) in [7, 11) is 4.97. The average molecular weight is 791 g/mol. The van der Waals surface area contributed by atoms with Gasteiger partial charge in [0.25, 0.3) is 11.8 Å². The Morgan fingerprint density at radius 3 is 2.46 bits per heavy atom. The number of nitrogens with zero attached hydrogens (tertiary/aromatic N) is 6. The first kappa shape index (κ1) is 39.7. The van der Waals surface area contributed by atoms with Gasteiger partial charge in [0, 0.05) is 45.1 Å². The van der Waals surface area contributed by atoms with Crippen molar-refractivity contribution in [3.8, 4) is 5.75 Å². The van der Waals surface area contributed by atoms with E-state index < -0.39 is 23.8 Å². The van der Waals surface area contributed by atoms with E-state index in [-0.39, 0.29) is 31.0 Å². The van der Waals surface area contributed by atoms with E-state index in [0.29, 0.717) is 18.0 Å². The van der Waals surface area contributed by atoms with Crippen LogP contribution in [0.15, 0.2) is 59.5 Å². The zero-order valence-corrected chi connectivity index (χ0v) is 32.3. The number of pyridine rings is 1. The number of anilines is 1. The van der Waals surface area contributed by atoms with E-state index >= 15 is 0 Å². The SMILES string of the molecule is COc1ccc2c(c1C1CCN(CC3CCCCC3)CC1)n(C)c(=O)n2C1CCC(=O)N(C)C1=O.O=C(Nc1ccc2[nH]ncc2c1)c1cccc(C(F)(F)F)n1.[HH]. The lowest BCUT2D eigenvalue weighted by Crippen LogP contribution is -2.45. The number of ether oxygens (including phenoxy) is 1. The standard InChI is InChI=1S/C27H38N4O4.C14H9F3N4O.H2/c1-28-23(32)12-10-21(26(28)33)31-20-9-11-22(35-3)24(25(20)29(2)27(31)34)19-13-15-30(16-14-19)17-18-7-5-4-6-8-18;15-14(16,17)12-3-1-2-11(20-12)13(22)19-9-4-5-10-8(6-9)7-18-21-10;/h9,11,18-19,21H,4-8,10,12-17H2,1-3H3;1-7H,(H,18,21)(H,19,22);1H. The van der Waals surface area contributed by atoms with Gasteiger partial charge in [-0.05, 0) is 99.5 Å². The molecule has 1 atom stereocenters. The van der Waals surface area contributed by atoms with Crippen LogP contribution in [0, 0.1) is 5.92 Å². The number of fused-ring (bicyclic) bond motifs is 2. The molecule has 304 valence electrons. The first-order chi connectivity index (χ1) is 27.3. The molecule has 5 heterocycles. The van der Waals surface area contributed by atoms with Crippen LogP contribution >= 0.6 is 0 Å². The fourth-order valence-electron chi connectivity index (χ4n) is 8.57. The van der Waals surface area contributed by atoms with E-state index in [0.717, 1.165) is 82.1 Å². The van der Waals surface area contributed by atoms with E-state index in [9.17, 15) is 32.3 Å². The van der Waals surface area contributed by atoms with Crippen molar-refractivity contribution >= 4 is 45.3 Å². The van der Waals surface area contributed by atoms with Crippen LogP contribution in [-0.2, 0) is 22.8 Å². The lowest BCUT2D eigenvalue weighted by molar-refractivity contribution is -0.149. The van der Waals surface area contributed by atoms with Crippen molar-refractivity contribution in [1.82, 2.24) is 34.1 Å². The molecule has 3 aliphatic rings. The van der Waals surface area contributed by atoms with Crippen LogP contribution < -0.4 is 15.7 Å². The number of benzene rings is 2. The summed E-state index contributed by atoms with van der Waals surface area (Å²) in [6.45, 7) is 3.33. The topological polar surface area (TPSA) is 147 Å². The number of hydrogen-bond acceptors (Lipinski definition) is 8. The maximum atomic E-state index is 13.5. The minimum atomic E-state index is -4.59. The third-order valence-corrected chi connectivity index (χ3v) is 11.6. The number of nitrogens with one attached hydrogen (secondary N) is 2. The number of likely N-dealkylation sites (tertiary alicyclic amines) is 2. The number of rotatable bonds is 7. The van der Waals surface area contributed by atoms with Gasteiger partial charge in [-0.2, -0.15) is 18.3 Å². The third-order valence-electron chi connectivity index (χ3n) is 11.6. The predicted molar refractivity (Wildman–Crippen MR) is 210 cm³/mol. The minimum Gasteiger partial charge on any atom is -0.496 e. The number of amides is 3. The van der Waals surface area contributed by atoms with Gasteiger partial charge in [-0.3, -0.25) is 33.5 Å². The first-order valence-electron chi connectivity index (χ1n) is 19.4. The molecule has 3 amide bonds. The van der Waals surface area contributed by atoms with Crippen LogP contribution in [0.25, 0.3) is 21.9 Å². The average Bonchev–Trinajstić information content (AvgIpc) is 3.78. The van der Waals surface area contributed by atoms with Crippen molar-refractivity contribution in [3.63, 3.8) is 0 Å². The molecule has 8 rings (SSSR count). The van der Waals surface area contributed by atoms with Gasteiger partial charge in [-0.15, -0.1) is 0 Å². The highest BCUT2D eigenvalue weighted by Gasteiger charge is 2.37. The molecule has 0 bridgehead atoms. The number of methoxy groups -OCH3 is 1. The summed E-state index contributed by atoms with van der Waals surface area (Å²) in [6, 6.07) is 11.3. The molecule has 57 heavy (non-hydrogen) atoms. The van der Waals surface area contributed by atoms with E-state index in [4.69, 9.17) is 4.74 Å². The highest BCUT2D eigenvalue weighted by molar-refractivity contribution is 6.04. The number of hydrogen-bond donors (Lipinski definition) is 2. The van der Waals surface area contributed by atoms with E-state index in [1.807, 2.05) is 12.1 Å². The van der Waals surface area contributed by atoms with Crippen molar-refractivity contribution in [3.05, 3.63) is 82.2 Å². The van der Waals surface area contributed by atoms with Crippen LogP contribution in [-0.4, -0.2) is 85.6 Å². The zero-order chi connectivity index (χ0) is 40.4. The summed E-state index contributed by atoms with van der Waals surface area (Å²) in [5, 5.41) is 9.88. The number of likely N-dealkylation sites (N-methyl/N-ethyl adjacent to an activating group) is 1. The van der Waals surface area contributed by atoms with Crippen LogP contribution in [0.1, 0.15) is 92.9 Å². The second-order valence-electron chi connectivity index (χ2n) is 15.2. The van der Waals surface area contributed by atoms with Crippen molar-refractivity contribution in [2.75, 3.05) is 39.1 Å². The molecule has 5 aromatic rings. The molecule has 0 spiro atoms. The monoisotopic (exact) mass is 790 g/mol. The molecule has 2 saturated heterocycles. The fraction of sp³-hybridized carbons (Fsp3) is 0.463. The van der Waals surface area contributed by atoms with Gasteiger partial charge in [0.15, 0.2) is 0 Å². The minimum absolute atomic E-state index is 0. The van der Waals surface area contributed by atoms with Gasteiger partial charge in [0.1, 0.15) is 23.2 Å². The molecule has 1 aliphatic carbocycles. The molecule has 3 fully saturated rings. The van der Waals surface area contributed by atoms with Crippen molar-refractivity contribution in [1.29, 1.82) is 0 Å². The molecule has 2 N–H and O–H groups in total. The smallest absolute Gasteiger partial charge is 0.433 e. The van der Waals surface area contributed by atoms with Crippen LogP contribution in [0.2, 0.25) is 0 Å². The molecular formula is C41H49F3N8O5. The number of carbonyl (C=O) groups is 3. The maximum Gasteiger partial charge on any atom is 0.433 e. The number of alkyl halides is 3. The van der Waals surface area contributed by atoms with Crippen molar-refractivity contribution in [2.45, 2.75) is 75.9 Å². The Kier molecular flexibility index (Phi) is 11.5. The summed E-state index contributed by atoms with van der Waals surface area (Å²) in [5.74, 6) is 0.716. The molecule has 0 radical (unpaired) electrons. The fourth-order valence-corrected chi connectivity index (χ4v) is 8.57. The predicted octanol–water partition coefficient (Wildman–Crippen LogP) is 6.90. The number of halogens is 3. The Balaban J connectivity index is 0.000000213. The number of aromatic nitrogens is 5. The summed E-state index contributed by atoms with van der Waals surface area (Å²) in [6.07, 6.45) is 6.52. The zero-order valence-electron chi connectivity index (χ0n) is 32.3. The molecule has 13 nitrogen and oxygen atoms in total. The molecule has 3 aromatic heterocycles. The molecule has 2 aromatic carbocycles. The Morgan fingerprint density at radius 1 is 0.982 bits per heavy atom. The summed E-state index contributed by atoms with van der Waals surface area (Å²) in [5.41, 5.74) is 2.28. The number of imidazole rings is 1. The number of carbonyl (C=O) groups excluding carboxylic acids is 3. The second kappa shape index (κ2) is 16.5. The normalized spacial score (nSPS) is 18.8. The summed E-state index contributed by atoms with van der Waals surface area (Å²) >= 11 is 0. The van der Waals surface area contributed by atoms with E-state index in [1.165, 1.54) is 51.8 Å². The quantitative estimate of drug-likeness (QED) is 0.169. The maximum absolute atomic E-state index is 13.5. The Hall–Kier alpha value is -5.51. The van der Waals surface area contributed by atoms with Crippen LogP contribution in [0.4, 0.5) is 18.9 Å². The number of aromatic amines is 1. The van der Waals surface area contributed by atoms with Crippen LogP contribution in [0.5, 0.6) is 5.75 Å². The molecule has 1 saturated carbocycles. The second-order valence-corrected chi connectivity index (χ2v) is 15.2. The van der Waals surface area contributed by atoms with E-state index in [1.54, 1.807) is 47.7 Å². The molecule has 2 aliphatic heterocycles. The highest BCUT2D eigenvalue weighted by atomic mass is 19.4. The van der Waals surface area contributed by atoms with Crippen LogP contribution in [0.3, 0.4) is 0 Å². The Labute approximate surface area is 328 Å². The third kappa shape index (κ3) is 8.31.